The van der Waals surface area contributed by atoms with Gasteiger partial charge in [-0.3, -0.25) is 0 Å². The number of hydrogen-bond acceptors (Lipinski definition) is 4. The van der Waals surface area contributed by atoms with Gasteiger partial charge in [0, 0.05) is 0 Å². The van der Waals surface area contributed by atoms with Crippen molar-refractivity contribution in [1.82, 2.24) is 0 Å². The Morgan fingerprint density at radius 3 is 2.56 bits per heavy atom. The maximum atomic E-state index is 11.4. The monoisotopic (exact) mass is 262 g/mol. The maximum Gasteiger partial charge on any atom is 0.347 e. The highest BCUT2D eigenvalue weighted by atomic mass is 28.3. The van der Waals surface area contributed by atoms with E-state index in [4.69, 9.17) is 4.74 Å². The predicted molar refractivity (Wildman–Crippen MR) is 69.7 cm³/mol. The molecule has 0 aromatic heterocycles. The van der Waals surface area contributed by atoms with Gasteiger partial charge in [-0.15, -0.1) is 0 Å². The summed E-state index contributed by atoms with van der Waals surface area (Å²) in [4.78, 5) is 22.7. The van der Waals surface area contributed by atoms with Crippen LogP contribution in [0, 0.1) is 0 Å². The molecule has 0 radical (unpaired) electrons. The Morgan fingerprint density at radius 2 is 1.94 bits per heavy atom. The molecule has 18 heavy (non-hydrogen) atoms. The minimum absolute atomic E-state index is 0.00354. The number of hydrogen-bond donors (Lipinski definition) is 0. The van der Waals surface area contributed by atoms with Crippen LogP contribution < -0.4 is 4.74 Å². The zero-order valence-electron chi connectivity index (χ0n) is 10.3. The predicted octanol–water partition coefficient (Wildman–Crippen LogP) is 1.96. The minimum Gasteiger partial charge on any atom is -0.491 e. The molecule has 1 aliphatic rings. The van der Waals surface area contributed by atoms with Crippen molar-refractivity contribution in [1.29, 1.82) is 0 Å². The van der Waals surface area contributed by atoms with Crippen molar-refractivity contribution in [3.63, 3.8) is 0 Å². The van der Waals surface area contributed by atoms with Gasteiger partial charge < -0.3 is 9.47 Å². The van der Waals surface area contributed by atoms with Crippen LogP contribution in [-0.2, 0) is 4.74 Å². The lowest BCUT2D eigenvalue weighted by Gasteiger charge is -2.18. The van der Waals surface area contributed by atoms with Crippen molar-refractivity contribution in [2.24, 2.45) is 0 Å². The van der Waals surface area contributed by atoms with Crippen molar-refractivity contribution in [3.05, 3.63) is 42.0 Å². The average Bonchev–Trinajstić information content (AvgIpc) is 2.61. The van der Waals surface area contributed by atoms with E-state index in [1.54, 1.807) is 24.3 Å². The van der Waals surface area contributed by atoms with Crippen LogP contribution in [0.25, 0.3) is 0 Å². The van der Waals surface area contributed by atoms with E-state index >= 15 is 0 Å². The number of benzene rings is 1. The highest BCUT2D eigenvalue weighted by molar-refractivity contribution is 6.57. The van der Waals surface area contributed by atoms with Gasteiger partial charge in [-0.25, -0.2) is 9.59 Å². The van der Waals surface area contributed by atoms with Crippen LogP contribution >= 0.6 is 0 Å². The molecule has 0 saturated heterocycles. The van der Waals surface area contributed by atoms with E-state index in [0.717, 1.165) is 0 Å². The third kappa shape index (κ3) is 2.21. The van der Waals surface area contributed by atoms with Gasteiger partial charge in [0.15, 0.2) is 0 Å². The summed E-state index contributed by atoms with van der Waals surface area (Å²) in [5.74, 6) is -0.649. The summed E-state index contributed by atoms with van der Waals surface area (Å²) >= 11 is 0. The van der Waals surface area contributed by atoms with Gasteiger partial charge in [0.1, 0.15) is 11.5 Å². The molecule has 0 spiro atoms. The fraction of sp³-hybridized carbons (Fsp3) is 0.231. The number of carbonyl (C=O) groups excluding carboxylic acids is 2. The molecule has 2 rings (SSSR count). The molecule has 0 amide bonds. The second-order valence-electron chi connectivity index (χ2n) is 4.45. The molecule has 1 aliphatic heterocycles. The first-order chi connectivity index (χ1) is 8.52. The normalized spacial score (nSPS) is 15.3. The van der Waals surface area contributed by atoms with E-state index in [9.17, 15) is 9.59 Å². The third-order valence-corrected chi connectivity index (χ3v) is 4.50. The Hall–Kier alpha value is -1.88. The van der Waals surface area contributed by atoms with E-state index in [2.05, 4.69) is 24.4 Å². The number of fused-ring (bicyclic) bond motifs is 1. The van der Waals surface area contributed by atoms with Crippen LogP contribution in [0.3, 0.4) is 0 Å². The summed E-state index contributed by atoms with van der Waals surface area (Å²) in [7, 11) is -1.03. The minimum atomic E-state index is -1.03. The number of carbonyl (C=O) groups is 2. The first-order valence-corrected chi connectivity index (χ1v) is 8.70. The van der Waals surface area contributed by atoms with Gasteiger partial charge in [-0.2, -0.15) is 0 Å². The highest BCUT2D eigenvalue weighted by Crippen LogP contribution is 2.25. The summed E-state index contributed by atoms with van der Waals surface area (Å²) in [6.45, 7) is 8.04. The van der Waals surface area contributed by atoms with Crippen molar-refractivity contribution in [3.8, 4) is 5.75 Å². The molecule has 0 N–H and O–H groups in total. The zero-order valence-corrected chi connectivity index (χ0v) is 11.5. The van der Waals surface area contributed by atoms with E-state index in [1.165, 1.54) is 0 Å². The lowest BCUT2D eigenvalue weighted by atomic mass is 10.1. The van der Waals surface area contributed by atoms with Crippen LogP contribution in [0.5, 0.6) is 5.75 Å². The van der Waals surface area contributed by atoms with Crippen molar-refractivity contribution in [2.75, 3.05) is 0 Å². The van der Waals surface area contributed by atoms with E-state index in [0.29, 0.717) is 11.3 Å². The summed E-state index contributed by atoms with van der Waals surface area (Å²) in [5, 5.41) is 0. The molecular weight excluding hydrogens is 248 g/mol. The van der Waals surface area contributed by atoms with Gasteiger partial charge in [-0.1, -0.05) is 25.7 Å². The lowest BCUT2D eigenvalue weighted by Crippen LogP contribution is -2.28. The van der Waals surface area contributed by atoms with E-state index in [1.807, 2.05) is 0 Å². The molecule has 0 aliphatic carbocycles. The van der Waals surface area contributed by atoms with Crippen LogP contribution in [0.4, 0.5) is 0 Å². The number of rotatable bonds is 4. The third-order valence-electron chi connectivity index (χ3n) is 2.78. The highest BCUT2D eigenvalue weighted by Gasteiger charge is 2.30. The molecule has 1 atom stereocenters. The fourth-order valence-corrected chi connectivity index (χ4v) is 2.72. The Kier molecular flexibility index (Phi) is 3.33. The van der Waals surface area contributed by atoms with E-state index in [-0.39, 0.29) is 11.3 Å². The summed E-state index contributed by atoms with van der Waals surface area (Å²) in [5.41, 5.74) is 0.561. The van der Waals surface area contributed by atoms with Gasteiger partial charge in [-0.05, 0) is 18.2 Å². The van der Waals surface area contributed by atoms with Crippen LogP contribution in [0.15, 0.2) is 30.9 Å². The molecule has 1 aromatic carbocycles. The molecule has 1 heterocycles. The van der Waals surface area contributed by atoms with Crippen molar-refractivity contribution < 1.29 is 19.1 Å². The SMILES string of the molecule is C=CC(Oc1ccc2c(c1)C(=O)OC2=O)[SiH](C)C. The summed E-state index contributed by atoms with van der Waals surface area (Å²) in [6.07, 6.45) is 1.77. The van der Waals surface area contributed by atoms with Crippen LogP contribution in [0.2, 0.25) is 13.1 Å². The van der Waals surface area contributed by atoms with Crippen molar-refractivity contribution in [2.45, 2.75) is 18.8 Å². The molecule has 1 aromatic rings. The van der Waals surface area contributed by atoms with Gasteiger partial charge in [0.2, 0.25) is 0 Å². The average molecular weight is 262 g/mol. The number of esters is 2. The molecule has 1 unspecified atom stereocenters. The van der Waals surface area contributed by atoms with Crippen LogP contribution in [0.1, 0.15) is 20.7 Å². The lowest BCUT2D eigenvalue weighted by molar-refractivity contribution is 0.0443. The Balaban J connectivity index is 2.27. The van der Waals surface area contributed by atoms with Gasteiger partial charge in [0.05, 0.1) is 19.9 Å². The summed E-state index contributed by atoms with van der Waals surface area (Å²) in [6, 6.07) is 4.78. The zero-order chi connectivity index (χ0) is 13.3. The largest absolute Gasteiger partial charge is 0.491 e. The Morgan fingerprint density at radius 1 is 1.28 bits per heavy atom. The Labute approximate surface area is 107 Å². The molecule has 4 nitrogen and oxygen atoms in total. The first-order valence-electron chi connectivity index (χ1n) is 5.72. The standard InChI is InChI=1S/C13H14O4Si/c1-4-11(18(2)3)16-8-5-6-9-10(7-8)13(15)17-12(9)14/h4-7,11,18H,1H2,2-3H3. The number of cyclic esters (lactones) is 2. The topological polar surface area (TPSA) is 52.6 Å². The van der Waals surface area contributed by atoms with E-state index < -0.39 is 20.7 Å². The fourth-order valence-electron chi connectivity index (χ4n) is 1.75. The number of ether oxygens (including phenoxy) is 2. The molecular formula is C13H14O4Si. The Bertz CT molecular complexity index is 522. The van der Waals surface area contributed by atoms with Gasteiger partial charge >= 0.3 is 11.9 Å². The second-order valence-corrected chi connectivity index (χ2v) is 7.59. The molecule has 0 saturated carbocycles. The van der Waals surface area contributed by atoms with Crippen molar-refractivity contribution >= 4 is 20.7 Å². The summed E-state index contributed by atoms with van der Waals surface area (Å²) < 4.78 is 10.3. The molecule has 94 valence electrons. The van der Waals surface area contributed by atoms with Crippen LogP contribution in [-0.4, -0.2) is 26.5 Å². The van der Waals surface area contributed by atoms with Gasteiger partial charge in [0.25, 0.3) is 0 Å². The maximum absolute atomic E-state index is 11.4. The second kappa shape index (κ2) is 4.78. The smallest absolute Gasteiger partial charge is 0.347 e. The quantitative estimate of drug-likeness (QED) is 0.360. The molecule has 5 heteroatoms. The molecule has 0 fully saturated rings. The molecule has 0 bridgehead atoms. The first kappa shape index (κ1) is 12.6.